The van der Waals surface area contributed by atoms with Crippen LogP contribution < -0.4 is 4.74 Å². The first-order valence-electron chi connectivity index (χ1n) is 5.74. The number of aromatic nitrogens is 3. The highest BCUT2D eigenvalue weighted by Gasteiger charge is 2.06. The molecule has 0 aliphatic heterocycles. The molecule has 0 radical (unpaired) electrons. The number of rotatable bonds is 7. The molecule has 0 aliphatic carbocycles. The molecule has 0 aromatic carbocycles. The van der Waals surface area contributed by atoms with Crippen molar-refractivity contribution in [3.63, 3.8) is 0 Å². The second-order valence-electron chi connectivity index (χ2n) is 3.84. The minimum atomic E-state index is 0.121. The van der Waals surface area contributed by atoms with Gasteiger partial charge in [0.05, 0.1) is 6.10 Å². The van der Waals surface area contributed by atoms with E-state index in [1.807, 2.05) is 6.92 Å². The average Bonchev–Trinajstić information content (AvgIpc) is 2.24. The molecule has 1 aromatic heterocycles. The van der Waals surface area contributed by atoms with Crippen LogP contribution in [0.2, 0.25) is 5.28 Å². The fourth-order valence-corrected chi connectivity index (χ4v) is 1.58. The van der Waals surface area contributed by atoms with Crippen molar-refractivity contribution in [2.75, 3.05) is 0 Å². The summed E-state index contributed by atoms with van der Waals surface area (Å²) in [5.74, 6) is 0.447. The van der Waals surface area contributed by atoms with Crippen LogP contribution in [-0.4, -0.2) is 21.3 Å². The Morgan fingerprint density at radius 1 is 1.38 bits per heavy atom. The highest BCUT2D eigenvalue weighted by molar-refractivity contribution is 6.28. The highest BCUT2D eigenvalue weighted by atomic mass is 35.5. The molecule has 0 spiro atoms. The third kappa shape index (κ3) is 5.26. The van der Waals surface area contributed by atoms with Crippen LogP contribution in [0, 0.1) is 0 Å². The van der Waals surface area contributed by atoms with E-state index in [9.17, 15) is 0 Å². The van der Waals surface area contributed by atoms with E-state index in [0.717, 1.165) is 6.42 Å². The quantitative estimate of drug-likeness (QED) is 0.690. The normalized spacial score (nSPS) is 12.4. The molecule has 0 fully saturated rings. The lowest BCUT2D eigenvalue weighted by Gasteiger charge is -2.12. The van der Waals surface area contributed by atoms with Crippen molar-refractivity contribution in [3.8, 4) is 5.88 Å². The summed E-state index contributed by atoms with van der Waals surface area (Å²) in [5, 5.41) is 7.36. The lowest BCUT2D eigenvalue weighted by atomic mass is 10.1. The summed E-state index contributed by atoms with van der Waals surface area (Å²) in [6, 6.07) is 0. The summed E-state index contributed by atoms with van der Waals surface area (Å²) in [4.78, 5) is 3.93. The molecule has 0 aliphatic rings. The number of ether oxygens (including phenoxy) is 1. The zero-order valence-electron chi connectivity index (χ0n) is 9.82. The van der Waals surface area contributed by atoms with Crippen molar-refractivity contribution < 1.29 is 4.74 Å². The van der Waals surface area contributed by atoms with Crippen LogP contribution in [0.25, 0.3) is 0 Å². The molecule has 0 saturated heterocycles. The van der Waals surface area contributed by atoms with Gasteiger partial charge < -0.3 is 4.74 Å². The first-order valence-corrected chi connectivity index (χ1v) is 6.12. The summed E-state index contributed by atoms with van der Waals surface area (Å²) in [7, 11) is 0. The Labute approximate surface area is 101 Å². The van der Waals surface area contributed by atoms with E-state index < -0.39 is 0 Å². The van der Waals surface area contributed by atoms with Crippen molar-refractivity contribution in [3.05, 3.63) is 11.5 Å². The predicted octanol–water partition coefficient (Wildman–Crippen LogP) is 3.26. The molecule has 0 N–H and O–H groups in total. The molecule has 1 rings (SSSR count). The van der Waals surface area contributed by atoms with Gasteiger partial charge in [0, 0.05) is 0 Å². The fourth-order valence-electron chi connectivity index (χ4n) is 1.45. The Morgan fingerprint density at radius 2 is 2.19 bits per heavy atom. The van der Waals surface area contributed by atoms with E-state index in [2.05, 4.69) is 22.1 Å². The molecule has 1 heterocycles. The third-order valence-corrected chi connectivity index (χ3v) is 2.46. The minimum absolute atomic E-state index is 0.121. The summed E-state index contributed by atoms with van der Waals surface area (Å²) < 4.78 is 5.58. The predicted molar refractivity (Wildman–Crippen MR) is 63.7 cm³/mol. The molecule has 0 bridgehead atoms. The Morgan fingerprint density at radius 3 is 2.88 bits per heavy atom. The zero-order chi connectivity index (χ0) is 11.8. The van der Waals surface area contributed by atoms with Crippen LogP contribution in [0.15, 0.2) is 6.20 Å². The summed E-state index contributed by atoms with van der Waals surface area (Å²) in [5.41, 5.74) is 0. The Bertz CT molecular complexity index is 309. The molecule has 90 valence electrons. The third-order valence-electron chi connectivity index (χ3n) is 2.30. The Kier molecular flexibility index (Phi) is 6.08. The monoisotopic (exact) mass is 243 g/mol. The maximum absolute atomic E-state index is 5.61. The molecule has 1 aromatic rings. The van der Waals surface area contributed by atoms with Gasteiger partial charge in [-0.05, 0) is 31.4 Å². The van der Waals surface area contributed by atoms with E-state index in [1.54, 1.807) is 0 Å². The first-order chi connectivity index (χ1) is 7.72. The summed E-state index contributed by atoms with van der Waals surface area (Å²) in [6.45, 7) is 4.23. The molecular weight excluding hydrogens is 226 g/mol. The molecule has 5 heteroatoms. The van der Waals surface area contributed by atoms with E-state index in [-0.39, 0.29) is 11.4 Å². The topological polar surface area (TPSA) is 47.9 Å². The van der Waals surface area contributed by atoms with Crippen LogP contribution in [0.1, 0.15) is 46.0 Å². The van der Waals surface area contributed by atoms with Crippen LogP contribution in [0.3, 0.4) is 0 Å². The molecule has 1 atom stereocenters. The molecule has 0 amide bonds. The van der Waals surface area contributed by atoms with Gasteiger partial charge in [-0.2, -0.15) is 10.1 Å². The van der Waals surface area contributed by atoms with Gasteiger partial charge in [0.2, 0.25) is 11.2 Å². The standard InChI is InChI=1S/C11H18ClN3O/c1-3-4-5-6-7-9(2)16-10-8-13-15-11(12)14-10/h8-9H,3-7H2,1-2H3. The number of unbranched alkanes of at least 4 members (excludes halogenated alkanes) is 3. The van der Waals surface area contributed by atoms with Crippen molar-refractivity contribution in [1.29, 1.82) is 0 Å². The van der Waals surface area contributed by atoms with Gasteiger partial charge in [-0.15, -0.1) is 5.10 Å². The van der Waals surface area contributed by atoms with Gasteiger partial charge in [0.1, 0.15) is 6.20 Å². The largest absolute Gasteiger partial charge is 0.473 e. The van der Waals surface area contributed by atoms with E-state index >= 15 is 0 Å². The second-order valence-corrected chi connectivity index (χ2v) is 4.18. The molecule has 16 heavy (non-hydrogen) atoms. The van der Waals surface area contributed by atoms with E-state index in [4.69, 9.17) is 16.3 Å². The maximum Gasteiger partial charge on any atom is 0.246 e. The number of nitrogens with zero attached hydrogens (tertiary/aromatic N) is 3. The Hall–Kier alpha value is -0.900. The van der Waals surface area contributed by atoms with Crippen molar-refractivity contribution in [2.45, 2.75) is 52.1 Å². The number of halogens is 1. The average molecular weight is 244 g/mol. The Balaban J connectivity index is 2.25. The van der Waals surface area contributed by atoms with Crippen LogP contribution in [0.5, 0.6) is 5.88 Å². The van der Waals surface area contributed by atoms with Gasteiger partial charge in [0.15, 0.2) is 0 Å². The van der Waals surface area contributed by atoms with E-state index in [1.165, 1.54) is 31.9 Å². The minimum Gasteiger partial charge on any atom is -0.473 e. The van der Waals surface area contributed by atoms with Gasteiger partial charge in [-0.3, -0.25) is 0 Å². The SMILES string of the molecule is CCCCCCC(C)Oc1cnnc(Cl)n1. The highest BCUT2D eigenvalue weighted by Crippen LogP contribution is 2.12. The van der Waals surface area contributed by atoms with Crippen LogP contribution in [-0.2, 0) is 0 Å². The van der Waals surface area contributed by atoms with Gasteiger partial charge in [-0.25, -0.2) is 0 Å². The first kappa shape index (κ1) is 13.2. The second kappa shape index (κ2) is 7.39. The maximum atomic E-state index is 5.61. The fraction of sp³-hybridized carbons (Fsp3) is 0.727. The van der Waals surface area contributed by atoms with Crippen molar-refractivity contribution in [2.24, 2.45) is 0 Å². The number of hydrogen-bond acceptors (Lipinski definition) is 4. The molecular formula is C11H18ClN3O. The molecule has 4 nitrogen and oxygen atoms in total. The summed E-state index contributed by atoms with van der Waals surface area (Å²) >= 11 is 5.61. The van der Waals surface area contributed by atoms with Gasteiger partial charge in [0.25, 0.3) is 0 Å². The van der Waals surface area contributed by atoms with Gasteiger partial charge >= 0.3 is 0 Å². The van der Waals surface area contributed by atoms with E-state index in [0.29, 0.717) is 5.88 Å². The van der Waals surface area contributed by atoms with Crippen LogP contribution >= 0.6 is 11.6 Å². The van der Waals surface area contributed by atoms with Gasteiger partial charge in [-0.1, -0.05) is 26.2 Å². The van der Waals surface area contributed by atoms with Crippen LogP contribution in [0.4, 0.5) is 0 Å². The molecule has 0 saturated carbocycles. The smallest absolute Gasteiger partial charge is 0.246 e. The molecule has 1 unspecified atom stereocenters. The van der Waals surface area contributed by atoms with Crippen molar-refractivity contribution in [1.82, 2.24) is 15.2 Å². The lowest BCUT2D eigenvalue weighted by Crippen LogP contribution is -2.12. The zero-order valence-corrected chi connectivity index (χ0v) is 10.6. The lowest BCUT2D eigenvalue weighted by molar-refractivity contribution is 0.196. The summed E-state index contributed by atoms with van der Waals surface area (Å²) in [6.07, 6.45) is 7.63. The van der Waals surface area contributed by atoms with Crippen molar-refractivity contribution >= 4 is 11.6 Å². The number of hydrogen-bond donors (Lipinski definition) is 0.